The summed E-state index contributed by atoms with van der Waals surface area (Å²) >= 11 is 0. The van der Waals surface area contributed by atoms with Gasteiger partial charge in [0.15, 0.2) is 0 Å². The highest BCUT2D eigenvalue weighted by molar-refractivity contribution is 6.04. The van der Waals surface area contributed by atoms with Crippen LogP contribution >= 0.6 is 12.4 Å². The first-order valence-electron chi connectivity index (χ1n) is 7.13. The van der Waals surface area contributed by atoms with Crippen molar-refractivity contribution in [2.24, 2.45) is 10.7 Å². The van der Waals surface area contributed by atoms with E-state index in [0.29, 0.717) is 38.4 Å². The number of anilines is 1. The number of aromatic nitrogens is 1. The van der Waals surface area contributed by atoms with Crippen LogP contribution in [0.5, 0.6) is 0 Å². The summed E-state index contributed by atoms with van der Waals surface area (Å²) in [5.74, 6) is 0.524. The number of carbonyl (C=O) groups is 1. The number of halogens is 1. The minimum Gasteiger partial charge on any atom is -0.450 e. The Morgan fingerprint density at radius 1 is 1.50 bits per heavy atom. The Hall–Kier alpha value is -2.02. The number of pyridine rings is 1. The monoisotopic (exact) mass is 325 g/mol. The van der Waals surface area contributed by atoms with Crippen molar-refractivity contribution in [1.82, 2.24) is 9.88 Å². The average Bonchev–Trinajstić information content (AvgIpc) is 2.48. The number of nitrogens with zero attached hydrogens (tertiary/aromatic N) is 3. The molecule has 1 fully saturated rings. The van der Waals surface area contributed by atoms with Crippen LogP contribution in [-0.2, 0) is 4.74 Å². The minimum absolute atomic E-state index is 0. The van der Waals surface area contributed by atoms with Crippen molar-refractivity contribution < 1.29 is 9.53 Å². The van der Waals surface area contributed by atoms with Crippen molar-refractivity contribution in [3.63, 3.8) is 0 Å². The first kappa shape index (κ1) is 16.4. The second-order valence-corrected chi connectivity index (χ2v) is 5.26. The molecule has 1 amide bonds. The van der Waals surface area contributed by atoms with Crippen LogP contribution in [0.2, 0.25) is 0 Å². The van der Waals surface area contributed by atoms with Crippen LogP contribution < -0.4 is 11.1 Å². The number of aliphatic imine (C=N–C) groups is 1. The van der Waals surface area contributed by atoms with Crippen molar-refractivity contribution in [2.75, 3.05) is 25.0 Å². The Balaban J connectivity index is 0.00000176. The molecule has 0 unspecified atom stereocenters. The molecule has 3 rings (SSSR count). The molecule has 0 radical (unpaired) electrons. The van der Waals surface area contributed by atoms with Gasteiger partial charge in [0.05, 0.1) is 18.5 Å². The second-order valence-electron chi connectivity index (χ2n) is 5.26. The normalized spacial score (nSPS) is 18.6. The van der Waals surface area contributed by atoms with Crippen molar-refractivity contribution in [2.45, 2.75) is 25.4 Å². The summed E-state index contributed by atoms with van der Waals surface area (Å²) < 4.78 is 5.03. The van der Waals surface area contributed by atoms with Crippen LogP contribution in [0.3, 0.4) is 0 Å². The topological polar surface area (TPSA) is 92.8 Å². The number of fused-ring (bicyclic) bond motifs is 1. The number of ether oxygens (including phenoxy) is 1. The fourth-order valence-electron chi connectivity index (χ4n) is 2.80. The maximum atomic E-state index is 11.7. The van der Waals surface area contributed by atoms with Gasteiger partial charge in [-0.05, 0) is 13.0 Å². The Bertz CT molecular complexity index is 584. The number of nitrogens with one attached hydrogen (secondary N) is 1. The summed E-state index contributed by atoms with van der Waals surface area (Å²) in [6, 6.07) is 1.85. The number of likely N-dealkylation sites (tertiary alicyclic amines) is 1. The largest absolute Gasteiger partial charge is 0.450 e. The van der Waals surface area contributed by atoms with Gasteiger partial charge in [-0.1, -0.05) is 0 Å². The van der Waals surface area contributed by atoms with E-state index in [4.69, 9.17) is 10.5 Å². The number of carbonyl (C=O) groups excluding carboxylic acids is 1. The van der Waals surface area contributed by atoms with Gasteiger partial charge < -0.3 is 20.7 Å². The van der Waals surface area contributed by atoms with Gasteiger partial charge in [-0.3, -0.25) is 4.98 Å². The van der Waals surface area contributed by atoms with Crippen LogP contribution in [0.1, 0.15) is 25.3 Å². The lowest BCUT2D eigenvalue weighted by molar-refractivity contribution is 0.0906. The molecule has 2 aliphatic rings. The zero-order valence-corrected chi connectivity index (χ0v) is 13.2. The summed E-state index contributed by atoms with van der Waals surface area (Å²) in [5.41, 5.74) is 7.41. The minimum atomic E-state index is -0.441. The molecule has 2 aliphatic heterocycles. The summed E-state index contributed by atoms with van der Waals surface area (Å²) in [6.07, 6.45) is 4.59. The van der Waals surface area contributed by atoms with E-state index in [9.17, 15) is 4.79 Å². The van der Waals surface area contributed by atoms with Gasteiger partial charge in [-0.15, -0.1) is 12.4 Å². The number of hydrogen-bond donors (Lipinski definition) is 2. The van der Waals surface area contributed by atoms with Crippen LogP contribution in [0.15, 0.2) is 23.5 Å². The number of amidine groups is 1. The molecule has 0 aromatic carbocycles. The Kier molecular flexibility index (Phi) is 4.75. The molecule has 3 N–H and O–H groups in total. The van der Waals surface area contributed by atoms with Gasteiger partial charge >= 0.3 is 6.09 Å². The molecule has 0 aliphatic carbocycles. The lowest BCUT2D eigenvalue weighted by Gasteiger charge is -2.42. The van der Waals surface area contributed by atoms with E-state index >= 15 is 0 Å². The molecule has 1 aromatic rings. The molecule has 7 nitrogen and oxygen atoms in total. The fourth-order valence-corrected chi connectivity index (χ4v) is 2.80. The van der Waals surface area contributed by atoms with E-state index in [1.54, 1.807) is 24.2 Å². The number of hydrogen-bond acceptors (Lipinski definition) is 6. The summed E-state index contributed by atoms with van der Waals surface area (Å²) in [4.78, 5) is 22.2. The Morgan fingerprint density at radius 3 is 2.91 bits per heavy atom. The fraction of sp³-hybridized carbons (Fsp3) is 0.500. The van der Waals surface area contributed by atoms with Gasteiger partial charge in [0, 0.05) is 37.7 Å². The maximum absolute atomic E-state index is 11.7. The average molecular weight is 326 g/mol. The lowest BCUT2D eigenvalue weighted by Crippen LogP contribution is -2.52. The number of rotatable bonds is 1. The molecule has 22 heavy (non-hydrogen) atoms. The second kappa shape index (κ2) is 6.39. The third-order valence-electron chi connectivity index (χ3n) is 3.92. The molecule has 0 saturated carbocycles. The van der Waals surface area contributed by atoms with E-state index in [1.165, 1.54) is 0 Å². The summed E-state index contributed by atoms with van der Waals surface area (Å²) in [5, 5.41) is 3.43. The van der Waals surface area contributed by atoms with E-state index in [-0.39, 0.29) is 18.5 Å². The quantitative estimate of drug-likeness (QED) is 0.817. The molecule has 120 valence electrons. The third-order valence-corrected chi connectivity index (χ3v) is 3.92. The molecular formula is C14H20ClN5O2. The summed E-state index contributed by atoms with van der Waals surface area (Å²) in [7, 11) is 0. The van der Waals surface area contributed by atoms with Gasteiger partial charge in [0.25, 0.3) is 0 Å². The van der Waals surface area contributed by atoms with Gasteiger partial charge in [0.2, 0.25) is 0 Å². The zero-order valence-electron chi connectivity index (χ0n) is 12.4. The van der Waals surface area contributed by atoms with Crippen LogP contribution in [0.4, 0.5) is 10.5 Å². The van der Waals surface area contributed by atoms with Crippen molar-refractivity contribution >= 4 is 30.0 Å². The molecule has 1 aromatic heterocycles. The predicted molar refractivity (Wildman–Crippen MR) is 86.4 cm³/mol. The standard InChI is InChI=1S/C14H19N5O2.ClH/c1-2-21-13(20)19-7-4-14(5-8-19)17-11-9-16-6-3-10(11)12(15)18-14;/h3,6,9,17H,2,4-5,7-8H2,1H3,(H2,15,18);1H. The third kappa shape index (κ3) is 2.94. The number of amides is 1. The number of piperidine rings is 1. The molecule has 0 bridgehead atoms. The molecular weight excluding hydrogens is 306 g/mol. The first-order chi connectivity index (χ1) is 10.1. The smallest absolute Gasteiger partial charge is 0.409 e. The number of nitrogens with two attached hydrogens (primary N) is 1. The van der Waals surface area contributed by atoms with Gasteiger partial charge in [-0.25, -0.2) is 9.79 Å². The molecule has 1 spiro atoms. The van der Waals surface area contributed by atoms with Crippen LogP contribution in [-0.4, -0.2) is 47.2 Å². The van der Waals surface area contributed by atoms with Crippen molar-refractivity contribution in [3.8, 4) is 0 Å². The zero-order chi connectivity index (χ0) is 14.9. The molecule has 0 atom stereocenters. The van der Waals surface area contributed by atoms with Crippen LogP contribution in [0.25, 0.3) is 0 Å². The van der Waals surface area contributed by atoms with E-state index in [0.717, 1.165) is 11.3 Å². The SMILES string of the molecule is CCOC(=O)N1CCC2(CC1)N=C(N)c1ccncc1N2.Cl. The highest BCUT2D eigenvalue weighted by Gasteiger charge is 2.39. The maximum Gasteiger partial charge on any atom is 0.409 e. The van der Waals surface area contributed by atoms with E-state index in [2.05, 4.69) is 15.3 Å². The molecule has 1 saturated heterocycles. The van der Waals surface area contributed by atoms with E-state index in [1.807, 2.05) is 6.07 Å². The summed E-state index contributed by atoms with van der Waals surface area (Å²) in [6.45, 7) is 3.39. The highest BCUT2D eigenvalue weighted by Crippen LogP contribution is 2.33. The van der Waals surface area contributed by atoms with Crippen molar-refractivity contribution in [1.29, 1.82) is 0 Å². The van der Waals surface area contributed by atoms with Crippen LogP contribution in [0, 0.1) is 0 Å². The highest BCUT2D eigenvalue weighted by atomic mass is 35.5. The Morgan fingerprint density at radius 2 is 2.23 bits per heavy atom. The molecule has 3 heterocycles. The lowest BCUT2D eigenvalue weighted by atomic mass is 9.94. The Labute approximate surface area is 135 Å². The molecule has 8 heteroatoms. The first-order valence-corrected chi connectivity index (χ1v) is 7.13. The van der Waals surface area contributed by atoms with Gasteiger partial charge in [0.1, 0.15) is 11.5 Å². The van der Waals surface area contributed by atoms with E-state index < -0.39 is 5.66 Å². The predicted octanol–water partition coefficient (Wildman–Crippen LogP) is 1.58. The van der Waals surface area contributed by atoms with Crippen molar-refractivity contribution in [3.05, 3.63) is 24.0 Å². The van der Waals surface area contributed by atoms with Gasteiger partial charge in [-0.2, -0.15) is 0 Å².